The van der Waals surface area contributed by atoms with Gasteiger partial charge in [0.1, 0.15) is 6.10 Å². The third kappa shape index (κ3) is 2.22. The lowest BCUT2D eigenvalue weighted by atomic mass is 9.83. The molecule has 1 aliphatic heterocycles. The third-order valence-corrected chi connectivity index (χ3v) is 4.51. The van der Waals surface area contributed by atoms with Crippen LogP contribution >= 0.6 is 0 Å². The van der Waals surface area contributed by atoms with E-state index in [1.165, 1.54) is 0 Å². The van der Waals surface area contributed by atoms with Crippen LogP contribution in [0.25, 0.3) is 0 Å². The second-order valence-corrected chi connectivity index (χ2v) is 6.66. The number of rotatable bonds is 2. The van der Waals surface area contributed by atoms with Crippen molar-refractivity contribution in [1.29, 1.82) is 0 Å². The summed E-state index contributed by atoms with van der Waals surface area (Å²) in [6.07, 6.45) is -0.685. The van der Waals surface area contributed by atoms with Crippen LogP contribution < -0.4 is 5.32 Å². The van der Waals surface area contributed by atoms with E-state index in [1.807, 2.05) is 64.1 Å². The van der Waals surface area contributed by atoms with Gasteiger partial charge in [-0.1, -0.05) is 35.9 Å². The molecule has 114 valence electrons. The van der Waals surface area contributed by atoms with E-state index in [4.69, 9.17) is 0 Å². The van der Waals surface area contributed by atoms with Crippen molar-refractivity contribution in [2.45, 2.75) is 39.2 Å². The van der Waals surface area contributed by atoms with E-state index >= 15 is 0 Å². The normalized spacial score (nSPS) is 17.0. The molecule has 1 heterocycles. The number of carbonyl (C=O) groups is 1. The minimum atomic E-state index is -0.685. The number of amides is 1. The molecule has 3 heteroatoms. The Morgan fingerprint density at radius 3 is 2.50 bits per heavy atom. The van der Waals surface area contributed by atoms with Gasteiger partial charge in [0.05, 0.1) is 5.41 Å². The lowest BCUT2D eigenvalue weighted by Crippen LogP contribution is -2.26. The van der Waals surface area contributed by atoms with E-state index in [0.29, 0.717) is 0 Å². The van der Waals surface area contributed by atoms with Crippen LogP contribution in [0.4, 0.5) is 5.69 Å². The van der Waals surface area contributed by atoms with Crippen molar-refractivity contribution in [3.05, 3.63) is 64.2 Å². The Labute approximate surface area is 131 Å². The molecule has 0 saturated carbocycles. The fourth-order valence-corrected chi connectivity index (χ4v) is 3.06. The second-order valence-electron chi connectivity index (χ2n) is 6.66. The maximum absolute atomic E-state index is 12.1. The zero-order valence-electron chi connectivity index (χ0n) is 13.4. The van der Waals surface area contributed by atoms with Crippen LogP contribution in [-0.2, 0) is 10.2 Å². The predicted molar refractivity (Wildman–Crippen MR) is 88.1 cm³/mol. The molecule has 1 atom stereocenters. The van der Waals surface area contributed by atoms with Gasteiger partial charge in [-0.25, -0.2) is 0 Å². The Morgan fingerprint density at radius 1 is 1.09 bits per heavy atom. The van der Waals surface area contributed by atoms with Gasteiger partial charge >= 0.3 is 0 Å². The number of aliphatic hydroxyl groups excluding tert-OH is 1. The molecular formula is C19H21NO2. The van der Waals surface area contributed by atoms with Crippen molar-refractivity contribution >= 4 is 11.6 Å². The van der Waals surface area contributed by atoms with E-state index in [2.05, 4.69) is 5.32 Å². The summed E-state index contributed by atoms with van der Waals surface area (Å²) in [7, 11) is 0. The fourth-order valence-electron chi connectivity index (χ4n) is 3.06. The number of anilines is 1. The molecule has 0 aliphatic carbocycles. The number of aliphatic hydroxyl groups is 1. The number of fused-ring (bicyclic) bond motifs is 1. The molecule has 2 aromatic rings. The smallest absolute Gasteiger partial charge is 0.234 e. The molecule has 22 heavy (non-hydrogen) atoms. The summed E-state index contributed by atoms with van der Waals surface area (Å²) in [4.78, 5) is 12.1. The van der Waals surface area contributed by atoms with Crippen molar-refractivity contribution in [2.75, 3.05) is 5.32 Å². The number of benzene rings is 2. The van der Waals surface area contributed by atoms with Crippen LogP contribution in [0.15, 0.2) is 36.4 Å². The van der Waals surface area contributed by atoms with Crippen LogP contribution in [0.1, 0.15) is 47.8 Å². The molecule has 0 saturated heterocycles. The number of aryl methyl sites for hydroxylation is 2. The molecule has 2 N–H and O–H groups in total. The first kappa shape index (κ1) is 14.8. The monoisotopic (exact) mass is 295 g/mol. The SMILES string of the molecule is Cc1cccc(C(O)c2cc(C)c3c(c2)C(C)(C)C(=O)N3)c1. The zero-order valence-corrected chi connectivity index (χ0v) is 13.4. The molecule has 0 spiro atoms. The molecule has 1 aliphatic rings. The average Bonchev–Trinajstić information content (AvgIpc) is 2.70. The number of nitrogens with one attached hydrogen (secondary N) is 1. The van der Waals surface area contributed by atoms with Gasteiger partial charge in [-0.2, -0.15) is 0 Å². The van der Waals surface area contributed by atoms with Crippen molar-refractivity contribution in [3.63, 3.8) is 0 Å². The van der Waals surface area contributed by atoms with Crippen molar-refractivity contribution in [3.8, 4) is 0 Å². The van der Waals surface area contributed by atoms with Gasteiger partial charge in [0.25, 0.3) is 0 Å². The quantitative estimate of drug-likeness (QED) is 0.889. The maximum atomic E-state index is 12.1. The number of carbonyl (C=O) groups excluding carboxylic acids is 1. The summed E-state index contributed by atoms with van der Waals surface area (Å²) in [5, 5.41) is 13.7. The fraction of sp³-hybridized carbons (Fsp3) is 0.316. The molecule has 0 radical (unpaired) electrons. The molecule has 2 aromatic carbocycles. The maximum Gasteiger partial charge on any atom is 0.234 e. The highest BCUT2D eigenvalue weighted by molar-refractivity contribution is 6.06. The summed E-state index contributed by atoms with van der Waals surface area (Å²) in [5.74, 6) is 0.00722. The molecular weight excluding hydrogens is 274 g/mol. The third-order valence-electron chi connectivity index (χ3n) is 4.51. The number of hydrogen-bond acceptors (Lipinski definition) is 2. The number of hydrogen-bond donors (Lipinski definition) is 2. The van der Waals surface area contributed by atoms with Crippen LogP contribution in [0.5, 0.6) is 0 Å². The standard InChI is InChI=1S/C19H21NO2/c1-11-6-5-7-13(8-11)17(21)14-9-12(2)16-15(10-14)19(3,4)18(22)20-16/h5-10,17,21H,1-4H3,(H,20,22). The van der Waals surface area contributed by atoms with E-state index < -0.39 is 11.5 Å². The minimum absolute atomic E-state index is 0.00722. The summed E-state index contributed by atoms with van der Waals surface area (Å²) in [6, 6.07) is 11.8. The highest BCUT2D eigenvalue weighted by Crippen LogP contribution is 2.41. The van der Waals surface area contributed by atoms with E-state index in [9.17, 15) is 9.90 Å². The Morgan fingerprint density at radius 2 is 1.82 bits per heavy atom. The molecule has 1 amide bonds. The first-order valence-corrected chi connectivity index (χ1v) is 7.52. The Hall–Kier alpha value is -2.13. The van der Waals surface area contributed by atoms with E-state index in [1.54, 1.807) is 0 Å². The highest BCUT2D eigenvalue weighted by atomic mass is 16.3. The van der Waals surface area contributed by atoms with Crippen LogP contribution in [0.3, 0.4) is 0 Å². The van der Waals surface area contributed by atoms with Gasteiger partial charge in [0.2, 0.25) is 5.91 Å². The molecule has 1 unspecified atom stereocenters. The second kappa shape index (κ2) is 4.96. The van der Waals surface area contributed by atoms with Gasteiger partial charge in [-0.05, 0) is 56.0 Å². The van der Waals surface area contributed by atoms with E-state index in [-0.39, 0.29) is 5.91 Å². The Bertz CT molecular complexity index is 762. The van der Waals surface area contributed by atoms with Gasteiger partial charge in [-0.15, -0.1) is 0 Å². The molecule has 0 bridgehead atoms. The summed E-state index contributed by atoms with van der Waals surface area (Å²) >= 11 is 0. The summed E-state index contributed by atoms with van der Waals surface area (Å²) in [6.45, 7) is 7.80. The lowest BCUT2D eigenvalue weighted by Gasteiger charge is -2.19. The lowest BCUT2D eigenvalue weighted by molar-refractivity contribution is -0.119. The Balaban J connectivity index is 2.09. The van der Waals surface area contributed by atoms with Gasteiger partial charge in [0, 0.05) is 5.69 Å². The summed E-state index contributed by atoms with van der Waals surface area (Å²) < 4.78 is 0. The van der Waals surface area contributed by atoms with Crippen molar-refractivity contribution in [2.24, 2.45) is 0 Å². The average molecular weight is 295 g/mol. The topological polar surface area (TPSA) is 49.3 Å². The van der Waals surface area contributed by atoms with Gasteiger partial charge in [-0.3, -0.25) is 4.79 Å². The van der Waals surface area contributed by atoms with E-state index in [0.717, 1.165) is 33.5 Å². The Kier molecular flexibility index (Phi) is 3.33. The van der Waals surface area contributed by atoms with Gasteiger partial charge < -0.3 is 10.4 Å². The molecule has 0 aromatic heterocycles. The van der Waals surface area contributed by atoms with Gasteiger partial charge in [0.15, 0.2) is 0 Å². The van der Waals surface area contributed by atoms with Crippen molar-refractivity contribution in [1.82, 2.24) is 0 Å². The van der Waals surface area contributed by atoms with Crippen LogP contribution in [0.2, 0.25) is 0 Å². The minimum Gasteiger partial charge on any atom is -0.384 e. The predicted octanol–water partition coefficient (Wildman–Crippen LogP) is 3.61. The molecule has 0 fully saturated rings. The van der Waals surface area contributed by atoms with Crippen molar-refractivity contribution < 1.29 is 9.90 Å². The molecule has 3 nitrogen and oxygen atoms in total. The van der Waals surface area contributed by atoms with Crippen LogP contribution in [0, 0.1) is 13.8 Å². The summed E-state index contributed by atoms with van der Waals surface area (Å²) in [5.41, 5.74) is 5.07. The largest absolute Gasteiger partial charge is 0.384 e. The molecule has 3 rings (SSSR count). The first-order valence-electron chi connectivity index (χ1n) is 7.52. The van der Waals surface area contributed by atoms with Crippen LogP contribution in [-0.4, -0.2) is 11.0 Å². The first-order chi connectivity index (χ1) is 10.3. The highest BCUT2D eigenvalue weighted by Gasteiger charge is 2.39. The zero-order chi connectivity index (χ0) is 16.1.